The molecule has 0 aliphatic carbocycles. The van der Waals surface area contributed by atoms with Crippen molar-refractivity contribution in [1.29, 1.82) is 0 Å². The van der Waals surface area contributed by atoms with Crippen molar-refractivity contribution in [3.63, 3.8) is 0 Å². The third-order valence-electron chi connectivity index (χ3n) is 4.15. The highest BCUT2D eigenvalue weighted by Crippen LogP contribution is 2.37. The first-order valence-electron chi connectivity index (χ1n) is 7.59. The Labute approximate surface area is 152 Å². The maximum absolute atomic E-state index is 6.29. The first kappa shape index (κ1) is 19.1. The average molecular weight is 387 g/mol. The fourth-order valence-corrected chi connectivity index (χ4v) is 3.27. The number of aromatic nitrogens is 3. The Morgan fingerprint density at radius 3 is 2.50 bits per heavy atom. The fraction of sp³-hybridized carbons (Fsp3) is 0.533. The summed E-state index contributed by atoms with van der Waals surface area (Å²) in [6.07, 6.45) is 1.19. The van der Waals surface area contributed by atoms with Crippen molar-refractivity contribution < 1.29 is 9.16 Å². The van der Waals surface area contributed by atoms with Gasteiger partial charge in [0.05, 0.1) is 17.3 Å². The van der Waals surface area contributed by atoms with Crippen LogP contribution in [0.1, 0.15) is 32.6 Å². The molecule has 0 spiro atoms. The quantitative estimate of drug-likeness (QED) is 0.744. The Morgan fingerprint density at radius 1 is 1.29 bits per heavy atom. The second-order valence-corrected chi connectivity index (χ2v) is 13.2. The molecule has 0 saturated heterocycles. The lowest BCUT2D eigenvalue weighted by molar-refractivity contribution is 0.116. The highest BCUT2D eigenvalue weighted by molar-refractivity contribution is 7.16. The SMILES string of the molecule is CC(C)(C)[Si](C)(C)OC[C@@H](Oc1nnc(N)s1)c1ccc(Cl)cn1. The Bertz CT molecular complexity index is 673. The zero-order chi connectivity index (χ0) is 18.0. The van der Waals surface area contributed by atoms with Crippen molar-refractivity contribution in [2.24, 2.45) is 0 Å². The summed E-state index contributed by atoms with van der Waals surface area (Å²) in [7, 11) is -1.91. The molecule has 132 valence electrons. The third kappa shape index (κ3) is 4.89. The van der Waals surface area contributed by atoms with Crippen molar-refractivity contribution in [3.8, 4) is 5.19 Å². The lowest BCUT2D eigenvalue weighted by Crippen LogP contribution is -2.42. The van der Waals surface area contributed by atoms with E-state index in [1.54, 1.807) is 12.3 Å². The summed E-state index contributed by atoms with van der Waals surface area (Å²) < 4.78 is 12.2. The van der Waals surface area contributed by atoms with Gasteiger partial charge < -0.3 is 14.9 Å². The van der Waals surface area contributed by atoms with Crippen LogP contribution >= 0.6 is 22.9 Å². The van der Waals surface area contributed by atoms with Crippen LogP contribution in [0.25, 0.3) is 0 Å². The van der Waals surface area contributed by atoms with Gasteiger partial charge in [-0.1, -0.05) is 37.5 Å². The number of hydrogen-bond donors (Lipinski definition) is 1. The van der Waals surface area contributed by atoms with Crippen molar-refractivity contribution in [2.45, 2.75) is 45.0 Å². The van der Waals surface area contributed by atoms with Crippen LogP contribution in [0.2, 0.25) is 23.2 Å². The van der Waals surface area contributed by atoms with Crippen LogP contribution < -0.4 is 10.5 Å². The fourth-order valence-electron chi connectivity index (χ4n) is 1.65. The normalized spacial score (nSPS) is 13.8. The van der Waals surface area contributed by atoms with E-state index in [1.165, 1.54) is 11.3 Å². The highest BCUT2D eigenvalue weighted by Gasteiger charge is 2.38. The second-order valence-electron chi connectivity index (χ2n) is 6.99. The first-order chi connectivity index (χ1) is 11.1. The molecule has 9 heteroatoms. The molecule has 2 rings (SSSR count). The number of rotatable bonds is 6. The van der Waals surface area contributed by atoms with Crippen molar-refractivity contribution >= 4 is 36.4 Å². The number of hydrogen-bond acceptors (Lipinski definition) is 7. The summed E-state index contributed by atoms with van der Waals surface area (Å²) in [4.78, 5) is 4.35. The van der Waals surface area contributed by atoms with Gasteiger partial charge in [0.25, 0.3) is 5.19 Å². The number of nitrogens with two attached hydrogens (primary N) is 1. The minimum absolute atomic E-state index is 0.109. The molecule has 24 heavy (non-hydrogen) atoms. The monoisotopic (exact) mass is 386 g/mol. The molecule has 0 bridgehead atoms. The minimum Gasteiger partial charge on any atom is -0.457 e. The second kappa shape index (κ2) is 7.34. The Kier molecular flexibility index (Phi) is 5.85. The zero-order valence-corrected chi connectivity index (χ0v) is 17.1. The average Bonchev–Trinajstić information content (AvgIpc) is 2.88. The summed E-state index contributed by atoms with van der Waals surface area (Å²) in [6, 6.07) is 3.60. The van der Waals surface area contributed by atoms with E-state index in [2.05, 4.69) is 49.0 Å². The standard InChI is InChI=1S/C15H23ClN4O2SSi/c1-15(2,3)24(4,5)21-9-12(11-7-6-10(16)8-18-11)22-14-20-19-13(17)23-14/h6-8,12H,9H2,1-5H3,(H2,17,19)/t12-/m1/s1. The summed E-state index contributed by atoms with van der Waals surface area (Å²) >= 11 is 7.11. The van der Waals surface area contributed by atoms with Gasteiger partial charge in [0.1, 0.15) is 0 Å². The molecule has 0 radical (unpaired) electrons. The van der Waals surface area contributed by atoms with Crippen LogP contribution in [0, 0.1) is 0 Å². The van der Waals surface area contributed by atoms with Gasteiger partial charge in [-0.25, -0.2) is 0 Å². The number of nitrogen functional groups attached to an aromatic ring is 1. The predicted molar refractivity (Wildman–Crippen MR) is 100 cm³/mol. The summed E-state index contributed by atoms with van der Waals surface area (Å²) in [5.74, 6) is 0. The molecule has 1 atom stereocenters. The van der Waals surface area contributed by atoms with E-state index >= 15 is 0 Å². The number of anilines is 1. The van der Waals surface area contributed by atoms with Crippen LogP contribution in [-0.2, 0) is 4.43 Å². The number of nitrogens with zero attached hydrogens (tertiary/aromatic N) is 3. The predicted octanol–water partition coefficient (Wildman–Crippen LogP) is 4.31. The van der Waals surface area contributed by atoms with Crippen LogP contribution in [0.3, 0.4) is 0 Å². The van der Waals surface area contributed by atoms with Crippen molar-refractivity contribution in [1.82, 2.24) is 15.2 Å². The molecule has 0 saturated carbocycles. The van der Waals surface area contributed by atoms with E-state index in [4.69, 9.17) is 26.5 Å². The van der Waals surface area contributed by atoms with Gasteiger partial charge in [0, 0.05) is 6.20 Å². The zero-order valence-electron chi connectivity index (χ0n) is 14.5. The summed E-state index contributed by atoms with van der Waals surface area (Å²) in [5.41, 5.74) is 6.35. The minimum atomic E-state index is -1.91. The molecule has 2 N–H and O–H groups in total. The van der Waals surface area contributed by atoms with Crippen molar-refractivity contribution in [3.05, 3.63) is 29.0 Å². The van der Waals surface area contributed by atoms with Crippen LogP contribution in [-0.4, -0.2) is 30.1 Å². The third-order valence-corrected chi connectivity index (χ3v) is 9.51. The van der Waals surface area contributed by atoms with Crippen LogP contribution in [0.5, 0.6) is 5.19 Å². The topological polar surface area (TPSA) is 83.2 Å². The molecule has 0 aliphatic rings. The molecule has 0 amide bonds. The van der Waals surface area contributed by atoms with E-state index in [0.29, 0.717) is 22.0 Å². The smallest absolute Gasteiger partial charge is 0.296 e. The van der Waals surface area contributed by atoms with Crippen LogP contribution in [0.4, 0.5) is 5.13 Å². The molecular formula is C15H23ClN4O2SSi. The molecule has 0 aromatic carbocycles. The highest BCUT2D eigenvalue weighted by atomic mass is 35.5. The van der Waals surface area contributed by atoms with Gasteiger partial charge in [-0.05, 0) is 41.6 Å². The Hall–Kier alpha value is -1.22. The lowest BCUT2D eigenvalue weighted by atomic mass is 10.2. The molecule has 0 aliphatic heterocycles. The van der Waals surface area contributed by atoms with Crippen LogP contribution in [0.15, 0.2) is 18.3 Å². The lowest BCUT2D eigenvalue weighted by Gasteiger charge is -2.37. The maximum Gasteiger partial charge on any atom is 0.296 e. The van der Waals surface area contributed by atoms with Crippen molar-refractivity contribution in [2.75, 3.05) is 12.3 Å². The van der Waals surface area contributed by atoms with E-state index in [0.717, 1.165) is 5.69 Å². The largest absolute Gasteiger partial charge is 0.457 e. The molecule has 2 aromatic heterocycles. The van der Waals surface area contributed by atoms with Gasteiger partial charge in [0.15, 0.2) is 14.4 Å². The van der Waals surface area contributed by atoms with E-state index in [-0.39, 0.29) is 5.04 Å². The van der Waals surface area contributed by atoms with Gasteiger partial charge in [-0.3, -0.25) is 4.98 Å². The van der Waals surface area contributed by atoms with Gasteiger partial charge in [0.2, 0.25) is 5.13 Å². The molecule has 6 nitrogen and oxygen atoms in total. The Balaban J connectivity index is 2.18. The Morgan fingerprint density at radius 2 is 2.00 bits per heavy atom. The summed E-state index contributed by atoms with van der Waals surface area (Å²) in [5, 5.41) is 9.13. The molecule has 0 unspecified atom stereocenters. The first-order valence-corrected chi connectivity index (χ1v) is 11.7. The van der Waals surface area contributed by atoms with E-state index < -0.39 is 14.4 Å². The van der Waals surface area contributed by atoms with E-state index in [9.17, 15) is 0 Å². The maximum atomic E-state index is 6.29. The number of pyridine rings is 1. The summed E-state index contributed by atoms with van der Waals surface area (Å²) in [6.45, 7) is 11.4. The molecule has 0 fully saturated rings. The molecule has 2 heterocycles. The molecule has 2 aromatic rings. The molecular weight excluding hydrogens is 364 g/mol. The number of ether oxygens (including phenoxy) is 1. The van der Waals surface area contributed by atoms with Gasteiger partial charge in [-0.2, -0.15) is 0 Å². The van der Waals surface area contributed by atoms with E-state index in [1.807, 2.05) is 6.07 Å². The van der Waals surface area contributed by atoms with Gasteiger partial charge in [-0.15, -0.1) is 5.10 Å². The number of halogens is 1. The van der Waals surface area contributed by atoms with Gasteiger partial charge >= 0.3 is 0 Å².